The van der Waals surface area contributed by atoms with Gasteiger partial charge in [0.15, 0.2) is 0 Å². The van der Waals surface area contributed by atoms with E-state index in [-0.39, 0.29) is 26.2 Å². The highest BCUT2D eigenvalue weighted by Gasteiger charge is 2.47. The lowest BCUT2D eigenvalue weighted by Crippen LogP contribution is -3.00. The van der Waals surface area contributed by atoms with E-state index in [9.17, 15) is 0 Å². The summed E-state index contributed by atoms with van der Waals surface area (Å²) in [6.45, 7) is 0. The van der Waals surface area contributed by atoms with Gasteiger partial charge in [-0.2, -0.15) is 0 Å². The molecular weight excluding hydrogens is 390 g/mol. The summed E-state index contributed by atoms with van der Waals surface area (Å²) in [7, 11) is -1.91. The van der Waals surface area contributed by atoms with E-state index in [4.69, 9.17) is 0 Å². The third-order valence-electron chi connectivity index (χ3n) is 4.57. The Bertz CT molecular complexity index is 770. The molecule has 0 heterocycles. The molecule has 0 aromatic heterocycles. The van der Waals surface area contributed by atoms with Gasteiger partial charge in [-0.05, 0) is 48.5 Å². The molecule has 27 heavy (non-hydrogen) atoms. The molecule has 0 radical (unpaired) electrons. The fourth-order valence-corrected chi connectivity index (χ4v) is 7.77. The van der Waals surface area contributed by atoms with Gasteiger partial charge < -0.3 is 24.8 Å². The van der Waals surface area contributed by atoms with Crippen molar-refractivity contribution in [2.45, 2.75) is 0 Å². The molecule has 0 unspecified atom stereocenters. The first-order chi connectivity index (χ1) is 12.4. The average molecular weight is 411 g/mol. The summed E-state index contributed by atoms with van der Waals surface area (Å²) < 4.78 is 0. The maximum Gasteiger partial charge on any atom is 1.00 e. The molecule has 4 aromatic rings. The van der Waals surface area contributed by atoms with Crippen LogP contribution in [-0.2, 0) is 0 Å². The predicted molar refractivity (Wildman–Crippen MR) is 112 cm³/mol. The average Bonchev–Trinajstić information content (AvgIpc) is 2.72. The topological polar surface area (TPSA) is 0 Å². The molecule has 0 atom stereocenters. The van der Waals surface area contributed by atoms with E-state index in [1.165, 1.54) is 21.2 Å². The molecule has 0 spiro atoms. The molecule has 0 saturated heterocycles. The highest BCUT2D eigenvalue weighted by Crippen LogP contribution is 2.53. The van der Waals surface area contributed by atoms with Crippen molar-refractivity contribution in [2.75, 3.05) is 0 Å². The zero-order valence-electron chi connectivity index (χ0n) is 15.8. The number of benzene rings is 4. The maximum atomic E-state index is 2.28. The Kier molecular flexibility index (Phi) is 7.63. The first kappa shape index (κ1) is 21.2. The number of hydrogen-bond donors (Lipinski definition) is 0. The molecule has 4 rings (SSSR count). The van der Waals surface area contributed by atoms with Crippen molar-refractivity contribution in [3.63, 3.8) is 0 Å². The van der Waals surface area contributed by atoms with Gasteiger partial charge in [-0.3, -0.25) is 0 Å². The molecule has 0 aliphatic carbocycles. The minimum Gasteiger partial charge on any atom is -1.00 e. The molecule has 0 nitrogen and oxygen atoms in total. The van der Waals surface area contributed by atoms with Crippen LogP contribution < -0.4 is 46.0 Å². The van der Waals surface area contributed by atoms with Crippen LogP contribution in [-0.4, -0.2) is 0 Å². The lowest BCUT2D eigenvalue weighted by atomic mass is 10.3. The van der Waals surface area contributed by atoms with E-state index in [1.807, 2.05) is 0 Å². The summed E-state index contributed by atoms with van der Waals surface area (Å²) in [5, 5.41) is 5.55. The molecule has 0 aliphatic rings. The van der Waals surface area contributed by atoms with E-state index >= 15 is 0 Å². The number of hydrogen-bond acceptors (Lipinski definition) is 0. The van der Waals surface area contributed by atoms with Gasteiger partial charge >= 0.3 is 1.43 Å². The van der Waals surface area contributed by atoms with Gasteiger partial charge in [0, 0.05) is 0 Å². The molecule has 0 saturated carbocycles. The van der Waals surface area contributed by atoms with Crippen molar-refractivity contribution >= 4 is 28.5 Å². The lowest BCUT2D eigenvalue weighted by Gasteiger charge is -2.27. The van der Waals surface area contributed by atoms with E-state index in [1.54, 1.807) is 0 Å². The van der Waals surface area contributed by atoms with Crippen LogP contribution in [0.2, 0.25) is 0 Å². The van der Waals surface area contributed by atoms with E-state index in [0.29, 0.717) is 0 Å². The molecule has 136 valence electrons. The van der Waals surface area contributed by atoms with Gasteiger partial charge in [-0.25, -0.2) is 0 Å². The molecule has 0 fully saturated rings. The second kappa shape index (κ2) is 9.72. The first-order valence-corrected chi connectivity index (χ1v) is 10.3. The molecule has 0 aliphatic heterocycles. The highest BCUT2D eigenvalue weighted by molar-refractivity contribution is 8.01. The van der Waals surface area contributed by atoms with E-state index < -0.39 is 7.26 Å². The Balaban J connectivity index is 0.00000131. The summed E-state index contributed by atoms with van der Waals surface area (Å²) in [6.07, 6.45) is 0. The maximum absolute atomic E-state index is 2.28. The van der Waals surface area contributed by atoms with Gasteiger partial charge in [0.25, 0.3) is 0 Å². The van der Waals surface area contributed by atoms with Crippen molar-refractivity contribution in [1.82, 2.24) is 0 Å². The van der Waals surface area contributed by atoms with E-state index in [0.717, 1.165) is 0 Å². The zero-order valence-corrected chi connectivity index (χ0v) is 17.2. The van der Waals surface area contributed by atoms with Crippen LogP contribution in [0.25, 0.3) is 0 Å². The molecule has 0 bridgehead atoms. The molecule has 0 N–H and O–H groups in total. The van der Waals surface area contributed by atoms with Crippen molar-refractivity contribution in [3.05, 3.63) is 121 Å². The lowest BCUT2D eigenvalue weighted by molar-refractivity contribution is -0.00100. The second-order valence-electron chi connectivity index (χ2n) is 6.01. The normalized spacial score (nSPS) is 10.4. The van der Waals surface area contributed by atoms with Crippen molar-refractivity contribution in [2.24, 2.45) is 0 Å². The number of halogens is 2. The third kappa shape index (κ3) is 3.94. The van der Waals surface area contributed by atoms with Gasteiger partial charge in [0.2, 0.25) is 0 Å². The summed E-state index contributed by atoms with van der Waals surface area (Å²) in [4.78, 5) is 0. The molecule has 3 heteroatoms. The van der Waals surface area contributed by atoms with Crippen LogP contribution in [0, 0.1) is 0 Å². The largest absolute Gasteiger partial charge is 1.00 e. The van der Waals surface area contributed by atoms with Gasteiger partial charge in [-0.1, -0.05) is 72.8 Å². The molecule has 4 aromatic carbocycles. The van der Waals surface area contributed by atoms with Crippen molar-refractivity contribution in [3.8, 4) is 0 Å². The quantitative estimate of drug-likeness (QED) is 0.356. The van der Waals surface area contributed by atoms with Crippen LogP contribution in [0.5, 0.6) is 0 Å². The Morgan fingerprint density at radius 2 is 0.519 bits per heavy atom. The van der Waals surface area contributed by atoms with Gasteiger partial charge in [0.1, 0.15) is 28.5 Å². The summed E-state index contributed by atoms with van der Waals surface area (Å²) in [5.41, 5.74) is 0. The Morgan fingerprint density at radius 1 is 0.333 bits per heavy atom. The Labute approximate surface area is 175 Å². The standard InChI is InChI=1S/C24H20P.2ClH/c1-5-13-21(14-6-1)25(22-15-7-2-8-16-22,23-17-9-3-10-18-23)24-19-11-4-12-20-24;;/h1-20H;2*1H/q+1;;/p-1. The van der Waals surface area contributed by atoms with Crippen LogP contribution in [0.15, 0.2) is 121 Å². The number of rotatable bonds is 4. The van der Waals surface area contributed by atoms with Crippen molar-refractivity contribution < 1.29 is 26.2 Å². The first-order valence-electron chi connectivity index (χ1n) is 8.54. The Morgan fingerprint density at radius 3 is 0.704 bits per heavy atom. The third-order valence-corrected chi connectivity index (χ3v) is 8.86. The molecule has 0 amide bonds. The fourth-order valence-electron chi connectivity index (χ4n) is 3.50. The monoisotopic (exact) mass is 410 g/mol. The highest BCUT2D eigenvalue weighted by atomic mass is 35.5. The second-order valence-corrected chi connectivity index (χ2v) is 9.42. The minimum absolute atomic E-state index is 0. The van der Waals surface area contributed by atoms with Crippen LogP contribution >= 0.6 is 7.26 Å². The summed E-state index contributed by atoms with van der Waals surface area (Å²) >= 11 is 0. The predicted octanol–water partition coefficient (Wildman–Crippen LogP) is -1.57. The summed E-state index contributed by atoms with van der Waals surface area (Å²) in [6, 6.07) is 43.8. The Hall–Kier alpha value is -2.11. The van der Waals surface area contributed by atoms with Gasteiger partial charge in [0.05, 0.1) is 0 Å². The fraction of sp³-hybridized carbons (Fsp3) is 0. The van der Waals surface area contributed by atoms with Crippen LogP contribution in [0.3, 0.4) is 0 Å². The summed E-state index contributed by atoms with van der Waals surface area (Å²) in [5.74, 6) is 0. The SMILES string of the molecule is [Cl-].[Cl-].[H+].c1ccc([P+](c2ccccc2)(c2ccccc2)c2ccccc2)cc1. The van der Waals surface area contributed by atoms with Crippen LogP contribution in [0.4, 0.5) is 0 Å². The molecular formula is C24H21Cl2P. The smallest absolute Gasteiger partial charge is 1.00 e. The zero-order chi connectivity index (χ0) is 17.0. The van der Waals surface area contributed by atoms with E-state index in [2.05, 4.69) is 121 Å². The minimum atomic E-state index is -1.91. The van der Waals surface area contributed by atoms with Crippen LogP contribution in [0.1, 0.15) is 1.43 Å². The van der Waals surface area contributed by atoms with Gasteiger partial charge in [-0.15, -0.1) is 0 Å². The van der Waals surface area contributed by atoms with Crippen molar-refractivity contribution in [1.29, 1.82) is 0 Å².